The normalized spacial score (nSPS) is 25.1. The molecule has 2 N–H and O–H groups in total. The standard InChI is InChI=1S/C18H21N3S/c1-10-7-14-11(2)17(22)18(5-6-18)12(3)16(14)15(10)8-21(9-19)13(4)20/h7,17,22H,2,4-6,8,20H2,1,3H3. The average molecular weight is 311 g/mol. The Morgan fingerprint density at radius 3 is 2.68 bits per heavy atom. The maximum atomic E-state index is 9.26. The summed E-state index contributed by atoms with van der Waals surface area (Å²) >= 11 is 4.83. The Kier molecular flexibility index (Phi) is 3.30. The molecule has 0 radical (unpaired) electrons. The molecule has 3 aliphatic carbocycles. The lowest BCUT2D eigenvalue weighted by molar-refractivity contribution is 0.517. The lowest BCUT2D eigenvalue weighted by Gasteiger charge is -2.35. The Bertz CT molecular complexity index is 726. The van der Waals surface area contributed by atoms with Crippen LogP contribution in [-0.4, -0.2) is 16.7 Å². The fraction of sp³-hybridized carbons (Fsp3) is 0.389. The largest absolute Gasteiger partial charge is 0.385 e. The van der Waals surface area contributed by atoms with Gasteiger partial charge in [0.05, 0.1) is 6.54 Å². The highest BCUT2D eigenvalue weighted by atomic mass is 32.1. The highest BCUT2D eigenvalue weighted by molar-refractivity contribution is 7.81. The summed E-state index contributed by atoms with van der Waals surface area (Å²) in [6, 6.07) is 0. The fourth-order valence-corrected chi connectivity index (χ4v) is 4.29. The first-order valence-electron chi connectivity index (χ1n) is 7.46. The number of fused-ring (bicyclic) bond motifs is 1. The maximum Gasteiger partial charge on any atom is 0.185 e. The molecule has 0 saturated heterocycles. The van der Waals surface area contributed by atoms with Gasteiger partial charge in [0.25, 0.3) is 0 Å². The smallest absolute Gasteiger partial charge is 0.185 e. The molecule has 0 bridgehead atoms. The van der Waals surface area contributed by atoms with Gasteiger partial charge in [-0.3, -0.25) is 4.90 Å². The highest BCUT2D eigenvalue weighted by Crippen LogP contribution is 2.64. The van der Waals surface area contributed by atoms with E-state index in [0.717, 1.165) is 11.1 Å². The predicted octanol–water partition coefficient (Wildman–Crippen LogP) is 3.42. The van der Waals surface area contributed by atoms with Crippen LogP contribution in [0.4, 0.5) is 0 Å². The number of rotatable bonds is 3. The van der Waals surface area contributed by atoms with Gasteiger partial charge in [-0.15, -0.1) is 0 Å². The minimum Gasteiger partial charge on any atom is -0.385 e. The van der Waals surface area contributed by atoms with E-state index in [1.807, 2.05) is 0 Å². The second-order valence-electron chi connectivity index (χ2n) is 6.48. The number of thiol groups is 1. The van der Waals surface area contributed by atoms with E-state index in [2.05, 4.69) is 39.3 Å². The summed E-state index contributed by atoms with van der Waals surface area (Å²) in [6.07, 6.45) is 6.61. The molecule has 3 aliphatic rings. The van der Waals surface area contributed by atoms with Gasteiger partial charge >= 0.3 is 0 Å². The summed E-state index contributed by atoms with van der Waals surface area (Å²) in [5.74, 6) is 0.275. The SMILES string of the molecule is C=C1C2=CC(C)=C(CN(C#N)C(=C)N)C2=C(C)C2(CC2)C1S. The second kappa shape index (κ2) is 4.82. The molecular formula is C18H21N3S. The van der Waals surface area contributed by atoms with Crippen molar-refractivity contribution in [1.82, 2.24) is 4.90 Å². The van der Waals surface area contributed by atoms with Crippen molar-refractivity contribution in [2.75, 3.05) is 6.54 Å². The van der Waals surface area contributed by atoms with E-state index in [1.54, 1.807) is 0 Å². The molecule has 0 aromatic carbocycles. The Balaban J connectivity index is 2.07. The second-order valence-corrected chi connectivity index (χ2v) is 7.00. The summed E-state index contributed by atoms with van der Waals surface area (Å²) in [5.41, 5.74) is 13.1. The van der Waals surface area contributed by atoms with E-state index in [9.17, 15) is 5.26 Å². The molecule has 4 heteroatoms. The minimum absolute atomic E-state index is 0.167. The quantitative estimate of drug-likeness (QED) is 0.477. The number of allylic oxidation sites excluding steroid dienone is 4. The topological polar surface area (TPSA) is 53.0 Å². The van der Waals surface area contributed by atoms with E-state index in [1.165, 1.54) is 40.0 Å². The summed E-state index contributed by atoms with van der Waals surface area (Å²) < 4.78 is 0. The molecule has 0 amide bonds. The molecule has 0 aliphatic heterocycles. The van der Waals surface area contributed by atoms with Crippen molar-refractivity contribution in [3.05, 3.63) is 58.5 Å². The van der Waals surface area contributed by atoms with Gasteiger partial charge < -0.3 is 5.73 Å². The number of nitriles is 1. The molecule has 1 atom stereocenters. The van der Waals surface area contributed by atoms with Crippen molar-refractivity contribution in [2.45, 2.75) is 31.9 Å². The van der Waals surface area contributed by atoms with Crippen LogP contribution in [0.15, 0.2) is 58.5 Å². The van der Waals surface area contributed by atoms with Gasteiger partial charge in [-0.1, -0.05) is 24.8 Å². The molecule has 3 nitrogen and oxygen atoms in total. The van der Waals surface area contributed by atoms with Crippen LogP contribution in [-0.2, 0) is 0 Å². The van der Waals surface area contributed by atoms with E-state index >= 15 is 0 Å². The van der Waals surface area contributed by atoms with Crippen LogP contribution in [0, 0.1) is 16.9 Å². The van der Waals surface area contributed by atoms with Crippen molar-refractivity contribution in [3.8, 4) is 6.19 Å². The zero-order valence-corrected chi connectivity index (χ0v) is 14.0. The Morgan fingerprint density at radius 1 is 1.55 bits per heavy atom. The molecule has 1 fully saturated rings. The Hall–Kier alpha value is -1.86. The fourth-order valence-electron chi connectivity index (χ4n) is 3.70. The molecule has 1 spiro atoms. The van der Waals surface area contributed by atoms with Crippen LogP contribution in [0.5, 0.6) is 0 Å². The molecule has 0 aromatic rings. The number of nitrogens with two attached hydrogens (primary N) is 1. The van der Waals surface area contributed by atoms with Gasteiger partial charge in [-0.05, 0) is 54.6 Å². The van der Waals surface area contributed by atoms with Crippen molar-refractivity contribution >= 4 is 12.6 Å². The summed E-state index contributed by atoms with van der Waals surface area (Å²) in [6.45, 7) is 12.7. The van der Waals surface area contributed by atoms with E-state index in [0.29, 0.717) is 6.54 Å². The average Bonchev–Trinajstić information content (AvgIpc) is 3.21. The molecule has 22 heavy (non-hydrogen) atoms. The van der Waals surface area contributed by atoms with Gasteiger partial charge in [0.1, 0.15) is 5.82 Å². The van der Waals surface area contributed by atoms with Gasteiger partial charge in [0.15, 0.2) is 6.19 Å². The van der Waals surface area contributed by atoms with Crippen LogP contribution < -0.4 is 5.73 Å². The zero-order chi connectivity index (χ0) is 16.2. The van der Waals surface area contributed by atoms with Crippen molar-refractivity contribution in [1.29, 1.82) is 5.26 Å². The first-order valence-corrected chi connectivity index (χ1v) is 7.97. The number of nitrogens with zero attached hydrogens (tertiary/aromatic N) is 2. The summed E-state index contributed by atoms with van der Waals surface area (Å²) in [5, 5.41) is 9.46. The van der Waals surface area contributed by atoms with Crippen LogP contribution in [0.1, 0.15) is 26.7 Å². The van der Waals surface area contributed by atoms with Gasteiger partial charge in [0.2, 0.25) is 0 Å². The summed E-state index contributed by atoms with van der Waals surface area (Å²) in [4.78, 5) is 1.44. The van der Waals surface area contributed by atoms with E-state index in [-0.39, 0.29) is 16.5 Å². The van der Waals surface area contributed by atoms with Gasteiger partial charge in [0, 0.05) is 10.7 Å². The van der Waals surface area contributed by atoms with Crippen molar-refractivity contribution < 1.29 is 0 Å². The van der Waals surface area contributed by atoms with Gasteiger partial charge in [-0.25, -0.2) is 0 Å². The first kappa shape index (κ1) is 15.1. The highest BCUT2D eigenvalue weighted by Gasteiger charge is 2.55. The lowest BCUT2D eigenvalue weighted by Crippen LogP contribution is -2.29. The van der Waals surface area contributed by atoms with Crippen LogP contribution >= 0.6 is 12.6 Å². The predicted molar refractivity (Wildman–Crippen MR) is 92.7 cm³/mol. The van der Waals surface area contributed by atoms with E-state index in [4.69, 9.17) is 18.4 Å². The summed E-state index contributed by atoms with van der Waals surface area (Å²) in [7, 11) is 0. The third-order valence-electron chi connectivity index (χ3n) is 5.30. The first-order chi connectivity index (χ1) is 10.3. The van der Waals surface area contributed by atoms with Crippen molar-refractivity contribution in [3.63, 3.8) is 0 Å². The molecule has 1 saturated carbocycles. The molecule has 114 valence electrons. The molecule has 0 aromatic heterocycles. The minimum atomic E-state index is 0.167. The molecule has 1 unspecified atom stereocenters. The van der Waals surface area contributed by atoms with Gasteiger partial charge in [-0.2, -0.15) is 17.9 Å². The lowest BCUT2D eigenvalue weighted by atomic mass is 9.74. The number of hydrogen-bond donors (Lipinski definition) is 2. The third kappa shape index (κ3) is 1.89. The van der Waals surface area contributed by atoms with Crippen LogP contribution in [0.3, 0.4) is 0 Å². The third-order valence-corrected chi connectivity index (χ3v) is 6.11. The molecule has 3 rings (SSSR count). The molecular weight excluding hydrogens is 290 g/mol. The van der Waals surface area contributed by atoms with Crippen molar-refractivity contribution in [2.24, 2.45) is 11.1 Å². The monoisotopic (exact) mass is 311 g/mol. The molecule has 0 heterocycles. The maximum absolute atomic E-state index is 9.26. The Labute approximate surface area is 137 Å². The Morgan fingerprint density at radius 2 is 2.18 bits per heavy atom. The zero-order valence-electron chi connectivity index (χ0n) is 13.1. The van der Waals surface area contributed by atoms with Crippen LogP contribution in [0.2, 0.25) is 0 Å². The number of hydrogen-bond acceptors (Lipinski definition) is 4. The van der Waals surface area contributed by atoms with E-state index < -0.39 is 0 Å². The van der Waals surface area contributed by atoms with Crippen LogP contribution in [0.25, 0.3) is 0 Å².